The van der Waals surface area contributed by atoms with Crippen molar-refractivity contribution in [1.82, 2.24) is 4.98 Å². The van der Waals surface area contributed by atoms with Crippen molar-refractivity contribution in [3.8, 4) is 0 Å². The number of rotatable bonds is 26. The lowest BCUT2D eigenvalue weighted by atomic mass is 9.93. The van der Waals surface area contributed by atoms with Gasteiger partial charge >= 0.3 is 0 Å². The van der Waals surface area contributed by atoms with E-state index in [0.29, 0.717) is 12.0 Å². The number of nitrogens with zero attached hydrogens (tertiary/aromatic N) is 1. The molecular formula is C33H65N2+. The zero-order valence-electron chi connectivity index (χ0n) is 24.7. The third-order valence-corrected chi connectivity index (χ3v) is 8.14. The van der Waals surface area contributed by atoms with Gasteiger partial charge in [-0.2, -0.15) is 0 Å². The van der Waals surface area contributed by atoms with E-state index in [0.717, 1.165) is 0 Å². The van der Waals surface area contributed by atoms with Gasteiger partial charge in [-0.15, -0.1) is 0 Å². The number of aromatic amines is 1. The SMILES string of the molecule is CCCCCCCCCCCCCC(CCCCCC)c1[nH]cc[n+]1C(C)CCCCCCCC. The topological polar surface area (TPSA) is 19.7 Å². The minimum absolute atomic E-state index is 0.623. The lowest BCUT2D eigenvalue weighted by Crippen LogP contribution is -2.41. The van der Waals surface area contributed by atoms with Gasteiger partial charge in [0.1, 0.15) is 12.4 Å². The zero-order valence-corrected chi connectivity index (χ0v) is 24.7. The largest absolute Gasteiger partial charge is 0.257 e. The van der Waals surface area contributed by atoms with Crippen molar-refractivity contribution >= 4 is 0 Å². The molecule has 2 nitrogen and oxygen atoms in total. The Labute approximate surface area is 221 Å². The van der Waals surface area contributed by atoms with Gasteiger partial charge in [-0.25, -0.2) is 9.55 Å². The molecule has 2 heteroatoms. The molecule has 1 aromatic heterocycles. The molecule has 0 radical (unpaired) electrons. The Bertz CT molecular complexity index is 549. The number of hydrogen-bond acceptors (Lipinski definition) is 0. The molecule has 0 fully saturated rings. The smallest absolute Gasteiger partial charge is 0.247 e. The van der Waals surface area contributed by atoms with Gasteiger partial charge < -0.3 is 0 Å². The first kappa shape index (κ1) is 32.2. The third-order valence-electron chi connectivity index (χ3n) is 8.14. The summed E-state index contributed by atoms with van der Waals surface area (Å²) < 4.78 is 2.61. The Morgan fingerprint density at radius 1 is 0.543 bits per heavy atom. The molecule has 0 aliphatic carbocycles. The summed E-state index contributed by atoms with van der Waals surface area (Å²) in [5.74, 6) is 2.24. The van der Waals surface area contributed by atoms with Gasteiger partial charge in [0.15, 0.2) is 0 Å². The fraction of sp³-hybridized carbons (Fsp3) is 0.909. The van der Waals surface area contributed by atoms with E-state index in [1.54, 1.807) is 0 Å². The maximum Gasteiger partial charge on any atom is 0.257 e. The fourth-order valence-electron chi connectivity index (χ4n) is 5.72. The summed E-state index contributed by atoms with van der Waals surface area (Å²) in [7, 11) is 0. The molecule has 0 aliphatic rings. The summed E-state index contributed by atoms with van der Waals surface area (Å²) in [5, 5.41) is 0. The number of aromatic nitrogens is 2. The third kappa shape index (κ3) is 16.6. The van der Waals surface area contributed by atoms with Crippen molar-refractivity contribution in [1.29, 1.82) is 0 Å². The van der Waals surface area contributed by atoms with Crippen LogP contribution in [0, 0.1) is 0 Å². The Balaban J connectivity index is 2.41. The van der Waals surface area contributed by atoms with E-state index in [-0.39, 0.29) is 0 Å². The molecule has 1 heterocycles. The second kappa shape index (κ2) is 23.6. The minimum Gasteiger partial charge on any atom is -0.247 e. The molecule has 206 valence electrons. The van der Waals surface area contributed by atoms with Gasteiger partial charge in [-0.1, -0.05) is 149 Å². The summed E-state index contributed by atoms with van der Waals surface area (Å²) in [4.78, 5) is 3.70. The molecule has 1 aromatic rings. The summed E-state index contributed by atoms with van der Waals surface area (Å²) in [6.07, 6.45) is 38.3. The number of unbranched alkanes of at least 4 members (excludes halogenated alkanes) is 18. The molecule has 2 unspecified atom stereocenters. The fourth-order valence-corrected chi connectivity index (χ4v) is 5.72. The van der Waals surface area contributed by atoms with Crippen LogP contribution in [-0.2, 0) is 0 Å². The Morgan fingerprint density at radius 3 is 1.37 bits per heavy atom. The summed E-state index contributed by atoms with van der Waals surface area (Å²) in [5.41, 5.74) is 0. The van der Waals surface area contributed by atoms with E-state index in [2.05, 4.69) is 49.6 Å². The van der Waals surface area contributed by atoms with Crippen molar-refractivity contribution in [3.63, 3.8) is 0 Å². The quantitative estimate of drug-likeness (QED) is 0.0985. The number of hydrogen-bond donors (Lipinski definition) is 1. The van der Waals surface area contributed by atoms with Crippen LogP contribution in [0.4, 0.5) is 0 Å². The van der Waals surface area contributed by atoms with Crippen LogP contribution in [0.3, 0.4) is 0 Å². The molecule has 35 heavy (non-hydrogen) atoms. The molecule has 1 rings (SSSR count). The molecular weight excluding hydrogens is 424 g/mol. The van der Waals surface area contributed by atoms with Crippen LogP contribution in [0.1, 0.15) is 200 Å². The number of H-pyrrole nitrogens is 1. The monoisotopic (exact) mass is 490 g/mol. The first-order chi connectivity index (χ1) is 17.2. The van der Waals surface area contributed by atoms with Crippen LogP contribution < -0.4 is 4.57 Å². The number of imidazole rings is 1. The van der Waals surface area contributed by atoms with Gasteiger partial charge in [0.2, 0.25) is 0 Å². The van der Waals surface area contributed by atoms with Gasteiger partial charge in [-0.3, -0.25) is 0 Å². The molecule has 0 bridgehead atoms. The van der Waals surface area contributed by atoms with Crippen molar-refractivity contribution in [3.05, 3.63) is 18.2 Å². The standard InChI is InChI=1S/C33H64N2/c1-5-8-11-14-16-17-18-19-20-22-25-28-32(27-24-13-10-7-3)33-34-29-30-35(33)31(4)26-23-21-15-12-9-6-2/h29-32H,5-28H2,1-4H3/p+1. The summed E-state index contributed by atoms with van der Waals surface area (Å²) in [6.45, 7) is 9.38. The highest BCUT2D eigenvalue weighted by Gasteiger charge is 2.25. The van der Waals surface area contributed by atoms with Gasteiger partial charge in [0, 0.05) is 0 Å². The Hall–Kier alpha value is -0.790. The minimum atomic E-state index is 0.623. The normalized spacial score (nSPS) is 13.4. The average molecular weight is 490 g/mol. The first-order valence-electron chi connectivity index (χ1n) is 16.3. The van der Waals surface area contributed by atoms with Gasteiger partial charge in [0.05, 0.1) is 12.0 Å². The van der Waals surface area contributed by atoms with Crippen LogP contribution in [0.25, 0.3) is 0 Å². The van der Waals surface area contributed by atoms with Crippen LogP contribution in [0.2, 0.25) is 0 Å². The van der Waals surface area contributed by atoms with E-state index in [4.69, 9.17) is 0 Å². The second-order valence-electron chi connectivity index (χ2n) is 11.5. The molecule has 0 amide bonds. The molecule has 0 aliphatic heterocycles. The maximum atomic E-state index is 3.70. The summed E-state index contributed by atoms with van der Waals surface area (Å²) >= 11 is 0. The van der Waals surface area contributed by atoms with Crippen LogP contribution >= 0.6 is 0 Å². The molecule has 1 N–H and O–H groups in total. The van der Waals surface area contributed by atoms with Crippen molar-refractivity contribution in [2.75, 3.05) is 0 Å². The lowest BCUT2D eigenvalue weighted by molar-refractivity contribution is -0.727. The number of nitrogens with one attached hydrogen (secondary N) is 1. The summed E-state index contributed by atoms with van der Waals surface area (Å²) in [6, 6.07) is 0.623. The molecule has 0 aromatic carbocycles. The lowest BCUT2D eigenvalue weighted by Gasteiger charge is -2.17. The Morgan fingerprint density at radius 2 is 0.914 bits per heavy atom. The highest BCUT2D eigenvalue weighted by molar-refractivity contribution is 4.90. The first-order valence-corrected chi connectivity index (χ1v) is 16.3. The van der Waals surface area contributed by atoms with E-state index in [9.17, 15) is 0 Å². The predicted octanol–water partition coefficient (Wildman–Crippen LogP) is 11.4. The van der Waals surface area contributed by atoms with Crippen molar-refractivity contribution in [2.24, 2.45) is 0 Å². The average Bonchev–Trinajstić information content (AvgIpc) is 3.36. The molecule has 0 spiro atoms. The Kier molecular flexibility index (Phi) is 21.7. The van der Waals surface area contributed by atoms with Crippen molar-refractivity contribution < 1.29 is 4.57 Å². The molecule has 0 saturated carbocycles. The van der Waals surface area contributed by atoms with Crippen LogP contribution in [0.15, 0.2) is 12.4 Å². The molecule has 2 atom stereocenters. The van der Waals surface area contributed by atoms with Crippen molar-refractivity contribution in [2.45, 2.75) is 194 Å². The second-order valence-corrected chi connectivity index (χ2v) is 11.5. The molecule has 0 saturated heterocycles. The van der Waals surface area contributed by atoms with E-state index in [1.165, 1.54) is 160 Å². The van der Waals surface area contributed by atoms with E-state index < -0.39 is 0 Å². The van der Waals surface area contributed by atoms with Crippen LogP contribution in [-0.4, -0.2) is 4.98 Å². The van der Waals surface area contributed by atoms with E-state index >= 15 is 0 Å². The predicted molar refractivity (Wildman–Crippen MR) is 156 cm³/mol. The maximum absolute atomic E-state index is 3.70. The van der Waals surface area contributed by atoms with E-state index in [1.807, 2.05) is 0 Å². The zero-order chi connectivity index (χ0) is 25.4. The highest BCUT2D eigenvalue weighted by Crippen LogP contribution is 2.27. The van der Waals surface area contributed by atoms with Gasteiger partial charge in [0.25, 0.3) is 5.82 Å². The van der Waals surface area contributed by atoms with Crippen LogP contribution in [0.5, 0.6) is 0 Å². The van der Waals surface area contributed by atoms with Gasteiger partial charge in [-0.05, 0) is 32.6 Å². The highest BCUT2D eigenvalue weighted by atomic mass is 15.1.